The maximum atomic E-state index is 11.8. The number of carbonyl (C=O) groups is 1. The van der Waals surface area contributed by atoms with Gasteiger partial charge in [0.05, 0.1) is 14.2 Å². The van der Waals surface area contributed by atoms with Crippen molar-refractivity contribution in [3.05, 3.63) is 71.2 Å². The Morgan fingerprint density at radius 3 is 2.31 bits per heavy atom. The zero-order valence-electron chi connectivity index (χ0n) is 16.7. The quantitative estimate of drug-likeness (QED) is 0.609. The molecule has 1 aromatic heterocycles. The van der Waals surface area contributed by atoms with Crippen LogP contribution in [0.25, 0.3) is 0 Å². The number of amides is 1. The third-order valence-electron chi connectivity index (χ3n) is 4.52. The molecule has 1 amide bonds. The number of primary amides is 1. The van der Waals surface area contributed by atoms with E-state index in [1.807, 2.05) is 49.4 Å². The predicted molar refractivity (Wildman–Crippen MR) is 112 cm³/mol. The minimum absolute atomic E-state index is 0.231. The number of nitrogens with one attached hydrogen (secondary N) is 1. The zero-order chi connectivity index (χ0) is 20.8. The second-order valence-electron chi connectivity index (χ2n) is 6.41. The summed E-state index contributed by atoms with van der Waals surface area (Å²) >= 11 is 0. The monoisotopic (exact) mass is 392 g/mol. The molecular weight excluding hydrogens is 368 g/mol. The van der Waals surface area contributed by atoms with Gasteiger partial charge in [-0.3, -0.25) is 4.79 Å². The van der Waals surface area contributed by atoms with Gasteiger partial charge < -0.3 is 20.5 Å². The van der Waals surface area contributed by atoms with Crippen molar-refractivity contribution < 1.29 is 14.3 Å². The van der Waals surface area contributed by atoms with Crippen LogP contribution in [0, 0.1) is 0 Å². The maximum absolute atomic E-state index is 11.8. The van der Waals surface area contributed by atoms with Crippen molar-refractivity contribution in [2.24, 2.45) is 5.73 Å². The lowest BCUT2D eigenvalue weighted by Gasteiger charge is -2.15. The minimum atomic E-state index is -0.592. The highest BCUT2D eigenvalue weighted by atomic mass is 16.5. The predicted octanol–water partition coefficient (Wildman–Crippen LogP) is 3.49. The molecule has 3 rings (SSSR count). The lowest BCUT2D eigenvalue weighted by Crippen LogP contribution is -2.16. The van der Waals surface area contributed by atoms with Crippen LogP contribution in [0.15, 0.2) is 48.7 Å². The largest absolute Gasteiger partial charge is 0.496 e. The molecule has 0 aliphatic rings. The number of para-hydroxylation sites is 1. The van der Waals surface area contributed by atoms with Crippen LogP contribution in [0.5, 0.6) is 11.5 Å². The summed E-state index contributed by atoms with van der Waals surface area (Å²) in [6.45, 7) is 2.05. The van der Waals surface area contributed by atoms with E-state index in [0.29, 0.717) is 18.1 Å². The van der Waals surface area contributed by atoms with E-state index in [1.165, 1.54) is 6.20 Å². The number of methoxy groups -OCH3 is 2. The second kappa shape index (κ2) is 9.05. The van der Waals surface area contributed by atoms with Crippen molar-refractivity contribution in [1.82, 2.24) is 9.97 Å². The van der Waals surface area contributed by atoms with Gasteiger partial charge in [-0.25, -0.2) is 9.97 Å². The van der Waals surface area contributed by atoms with Gasteiger partial charge in [0.15, 0.2) is 0 Å². The highest BCUT2D eigenvalue weighted by Gasteiger charge is 2.15. The topological polar surface area (TPSA) is 99.4 Å². The van der Waals surface area contributed by atoms with Crippen molar-refractivity contribution in [3.8, 4) is 11.5 Å². The Balaban J connectivity index is 1.95. The molecule has 0 unspecified atom stereocenters. The molecule has 1 heterocycles. The fraction of sp³-hybridized carbons (Fsp3) is 0.227. The molecule has 0 radical (unpaired) electrons. The van der Waals surface area contributed by atoms with Crippen molar-refractivity contribution in [3.63, 3.8) is 0 Å². The van der Waals surface area contributed by atoms with Crippen molar-refractivity contribution in [1.29, 1.82) is 0 Å². The van der Waals surface area contributed by atoms with Crippen LogP contribution in [-0.2, 0) is 12.8 Å². The Morgan fingerprint density at radius 1 is 1.10 bits per heavy atom. The van der Waals surface area contributed by atoms with Gasteiger partial charge >= 0.3 is 0 Å². The highest BCUT2D eigenvalue weighted by Crippen LogP contribution is 2.31. The molecule has 3 N–H and O–H groups in total. The number of hydrogen-bond acceptors (Lipinski definition) is 6. The summed E-state index contributed by atoms with van der Waals surface area (Å²) in [7, 11) is 3.27. The van der Waals surface area contributed by atoms with Gasteiger partial charge in [-0.2, -0.15) is 0 Å². The molecule has 29 heavy (non-hydrogen) atoms. The van der Waals surface area contributed by atoms with Crippen LogP contribution in [0.3, 0.4) is 0 Å². The fourth-order valence-corrected chi connectivity index (χ4v) is 3.11. The molecule has 0 aliphatic heterocycles. The van der Waals surface area contributed by atoms with Crippen molar-refractivity contribution in [2.75, 3.05) is 19.5 Å². The summed E-state index contributed by atoms with van der Waals surface area (Å²) in [5.41, 5.74) is 8.47. The molecule has 0 aliphatic carbocycles. The summed E-state index contributed by atoms with van der Waals surface area (Å²) in [5, 5.41) is 3.14. The molecule has 0 saturated carbocycles. The lowest BCUT2D eigenvalue weighted by molar-refractivity contribution is 0.100. The van der Waals surface area contributed by atoms with Crippen LogP contribution in [0.2, 0.25) is 0 Å². The van der Waals surface area contributed by atoms with Gasteiger partial charge in [0.2, 0.25) is 0 Å². The maximum Gasteiger partial charge on any atom is 0.254 e. The van der Waals surface area contributed by atoms with Gasteiger partial charge in [0, 0.05) is 23.9 Å². The first-order valence-electron chi connectivity index (χ1n) is 9.27. The molecule has 0 spiro atoms. The van der Waals surface area contributed by atoms with E-state index in [-0.39, 0.29) is 5.56 Å². The smallest absolute Gasteiger partial charge is 0.254 e. The molecule has 7 heteroatoms. The van der Waals surface area contributed by atoms with Crippen LogP contribution in [0.1, 0.15) is 34.2 Å². The van der Waals surface area contributed by atoms with Gasteiger partial charge in [-0.15, -0.1) is 0 Å². The minimum Gasteiger partial charge on any atom is -0.496 e. The zero-order valence-corrected chi connectivity index (χ0v) is 16.7. The molecule has 0 fully saturated rings. The number of carbonyl (C=O) groups excluding carboxylic acids is 1. The van der Waals surface area contributed by atoms with E-state index in [2.05, 4.69) is 15.3 Å². The van der Waals surface area contributed by atoms with Crippen molar-refractivity contribution in [2.45, 2.75) is 19.8 Å². The van der Waals surface area contributed by atoms with Gasteiger partial charge in [0.1, 0.15) is 28.7 Å². The first-order chi connectivity index (χ1) is 14.0. The Hall–Kier alpha value is -3.61. The number of ether oxygens (including phenoxy) is 2. The number of nitrogens with zero attached hydrogens (tertiary/aromatic N) is 2. The fourth-order valence-electron chi connectivity index (χ4n) is 3.11. The molecule has 0 bridgehead atoms. The van der Waals surface area contributed by atoms with Gasteiger partial charge in [-0.05, 0) is 36.2 Å². The van der Waals surface area contributed by atoms with E-state index in [9.17, 15) is 4.79 Å². The average molecular weight is 392 g/mol. The lowest BCUT2D eigenvalue weighted by atomic mass is 10.0. The van der Waals surface area contributed by atoms with E-state index in [0.717, 1.165) is 34.7 Å². The third-order valence-corrected chi connectivity index (χ3v) is 4.52. The number of aromatic nitrogens is 2. The van der Waals surface area contributed by atoms with E-state index in [4.69, 9.17) is 15.2 Å². The Labute approximate surface area is 169 Å². The SMILES string of the molecule is CCc1c(OC)cc(Cc2ncc(C(N)=O)c(Nc3ccccc3)n2)cc1OC. The number of nitrogens with two attached hydrogens (primary N) is 1. The first kappa shape index (κ1) is 20.1. The summed E-state index contributed by atoms with van der Waals surface area (Å²) in [6, 6.07) is 13.4. The number of benzene rings is 2. The molecule has 0 atom stereocenters. The first-order valence-corrected chi connectivity index (χ1v) is 9.27. The molecule has 2 aromatic carbocycles. The molecule has 150 valence electrons. The van der Waals surface area contributed by atoms with Crippen molar-refractivity contribution >= 4 is 17.4 Å². The Kier molecular flexibility index (Phi) is 6.29. The van der Waals surface area contributed by atoms with Crippen LogP contribution >= 0.6 is 0 Å². The Bertz CT molecular complexity index is 981. The summed E-state index contributed by atoms with van der Waals surface area (Å²) in [6.07, 6.45) is 2.69. The van der Waals surface area contributed by atoms with Crippen LogP contribution in [-0.4, -0.2) is 30.1 Å². The molecular formula is C22H24N4O3. The number of anilines is 2. The highest BCUT2D eigenvalue weighted by molar-refractivity contribution is 5.97. The average Bonchev–Trinajstić information content (AvgIpc) is 2.73. The van der Waals surface area contributed by atoms with Gasteiger partial charge in [0.25, 0.3) is 5.91 Å². The molecule has 7 nitrogen and oxygen atoms in total. The van der Waals surface area contributed by atoms with E-state index < -0.39 is 5.91 Å². The van der Waals surface area contributed by atoms with E-state index >= 15 is 0 Å². The van der Waals surface area contributed by atoms with Crippen LogP contribution < -0.4 is 20.5 Å². The second-order valence-corrected chi connectivity index (χ2v) is 6.41. The summed E-state index contributed by atoms with van der Waals surface area (Å²) in [4.78, 5) is 20.6. The number of rotatable bonds is 8. The van der Waals surface area contributed by atoms with E-state index in [1.54, 1.807) is 14.2 Å². The number of hydrogen-bond donors (Lipinski definition) is 2. The normalized spacial score (nSPS) is 10.4. The summed E-state index contributed by atoms with van der Waals surface area (Å²) < 4.78 is 11.0. The van der Waals surface area contributed by atoms with Crippen LogP contribution in [0.4, 0.5) is 11.5 Å². The standard InChI is InChI=1S/C22H24N4O3/c1-4-16-18(28-2)10-14(11-19(16)29-3)12-20-24-13-17(21(23)27)22(26-20)25-15-8-6-5-7-9-15/h5-11,13H,4,12H2,1-3H3,(H2,23,27)(H,24,25,26). The third kappa shape index (κ3) is 4.63. The summed E-state index contributed by atoms with van der Waals surface area (Å²) in [5.74, 6) is 1.85. The Morgan fingerprint density at radius 2 is 1.76 bits per heavy atom. The molecule has 0 saturated heterocycles. The molecule has 3 aromatic rings. The van der Waals surface area contributed by atoms with Gasteiger partial charge in [-0.1, -0.05) is 25.1 Å².